The molecule has 0 aliphatic heterocycles. The second kappa shape index (κ2) is 8.16. The van der Waals surface area contributed by atoms with Crippen molar-refractivity contribution < 1.29 is 13.2 Å². The van der Waals surface area contributed by atoms with Crippen molar-refractivity contribution in [2.24, 2.45) is 5.10 Å². The third-order valence-corrected chi connectivity index (χ3v) is 3.93. The molecule has 0 unspecified atom stereocenters. The Morgan fingerprint density at radius 1 is 1.21 bits per heavy atom. The molecule has 3 rings (SSSR count). The first-order valence-corrected chi connectivity index (χ1v) is 8.42. The van der Waals surface area contributed by atoms with Crippen LogP contribution in [0.2, 0.25) is 5.02 Å². The van der Waals surface area contributed by atoms with Gasteiger partial charge in [-0.2, -0.15) is 23.5 Å². The number of benzene rings is 2. The van der Waals surface area contributed by atoms with Gasteiger partial charge in [-0.05, 0) is 23.8 Å². The Kier molecular flexibility index (Phi) is 5.66. The SMILES string of the molecule is N#Cc1c(-c2ccccc2)nc(NN=Cc2cc(Cl)cc(C(F)(F)F)c2)[nH]c1=O. The maximum absolute atomic E-state index is 12.9. The van der Waals surface area contributed by atoms with Crippen molar-refractivity contribution in [3.05, 3.63) is 80.6 Å². The first-order chi connectivity index (χ1) is 13.8. The number of rotatable bonds is 4. The second-order valence-electron chi connectivity index (χ2n) is 5.76. The zero-order chi connectivity index (χ0) is 21.0. The number of nitriles is 1. The summed E-state index contributed by atoms with van der Waals surface area (Å²) >= 11 is 5.72. The van der Waals surface area contributed by atoms with Gasteiger partial charge in [-0.1, -0.05) is 41.9 Å². The zero-order valence-corrected chi connectivity index (χ0v) is 15.2. The Bertz CT molecular complexity index is 1170. The summed E-state index contributed by atoms with van der Waals surface area (Å²) in [5.74, 6) is -0.0813. The molecule has 0 radical (unpaired) electrons. The summed E-state index contributed by atoms with van der Waals surface area (Å²) in [6, 6.07) is 13.4. The van der Waals surface area contributed by atoms with Crippen molar-refractivity contribution in [2.45, 2.75) is 6.18 Å². The predicted molar refractivity (Wildman–Crippen MR) is 103 cm³/mol. The number of hydrogen-bond acceptors (Lipinski definition) is 5. The van der Waals surface area contributed by atoms with E-state index in [-0.39, 0.29) is 27.8 Å². The number of halogens is 4. The van der Waals surface area contributed by atoms with E-state index in [2.05, 4.69) is 20.5 Å². The third-order valence-electron chi connectivity index (χ3n) is 3.71. The number of hydrazone groups is 1. The quantitative estimate of drug-likeness (QED) is 0.485. The van der Waals surface area contributed by atoms with E-state index in [1.807, 2.05) is 0 Å². The van der Waals surface area contributed by atoms with Gasteiger partial charge in [0, 0.05) is 10.6 Å². The highest BCUT2D eigenvalue weighted by atomic mass is 35.5. The fraction of sp³-hybridized carbons (Fsp3) is 0.0526. The molecule has 0 aliphatic rings. The van der Waals surface area contributed by atoms with Crippen molar-refractivity contribution in [2.75, 3.05) is 5.43 Å². The van der Waals surface area contributed by atoms with Crippen molar-refractivity contribution in [1.82, 2.24) is 9.97 Å². The largest absolute Gasteiger partial charge is 0.416 e. The van der Waals surface area contributed by atoms with Crippen LogP contribution in [0, 0.1) is 11.3 Å². The Hall–Kier alpha value is -3.64. The van der Waals surface area contributed by atoms with E-state index in [0.29, 0.717) is 5.56 Å². The van der Waals surface area contributed by atoms with Gasteiger partial charge in [0.1, 0.15) is 11.6 Å². The van der Waals surface area contributed by atoms with Crippen LogP contribution in [0.5, 0.6) is 0 Å². The molecule has 0 amide bonds. The zero-order valence-electron chi connectivity index (χ0n) is 14.5. The van der Waals surface area contributed by atoms with Gasteiger partial charge in [0.15, 0.2) is 0 Å². The molecular formula is C19H11ClF3N5O. The van der Waals surface area contributed by atoms with Crippen LogP contribution in [0.15, 0.2) is 58.4 Å². The fourth-order valence-corrected chi connectivity index (χ4v) is 2.70. The topological polar surface area (TPSA) is 93.9 Å². The smallest absolute Gasteiger partial charge is 0.290 e. The third kappa shape index (κ3) is 4.80. The molecule has 0 fully saturated rings. The highest BCUT2D eigenvalue weighted by molar-refractivity contribution is 6.30. The first kappa shape index (κ1) is 20.1. The lowest BCUT2D eigenvalue weighted by atomic mass is 10.1. The van der Waals surface area contributed by atoms with Crippen LogP contribution >= 0.6 is 11.6 Å². The molecule has 29 heavy (non-hydrogen) atoms. The molecule has 1 heterocycles. The van der Waals surface area contributed by atoms with E-state index in [0.717, 1.165) is 18.3 Å². The lowest BCUT2D eigenvalue weighted by Gasteiger charge is -2.08. The minimum absolute atomic E-state index is 0.0813. The minimum atomic E-state index is -4.55. The van der Waals surface area contributed by atoms with Gasteiger partial charge in [-0.3, -0.25) is 9.78 Å². The lowest BCUT2D eigenvalue weighted by molar-refractivity contribution is -0.137. The Morgan fingerprint density at radius 2 is 1.93 bits per heavy atom. The number of anilines is 1. The normalized spacial score (nSPS) is 11.4. The van der Waals surface area contributed by atoms with Crippen LogP contribution < -0.4 is 11.0 Å². The summed E-state index contributed by atoms with van der Waals surface area (Å²) in [6.45, 7) is 0. The summed E-state index contributed by atoms with van der Waals surface area (Å²) in [6.07, 6.45) is -3.45. The van der Waals surface area contributed by atoms with E-state index in [9.17, 15) is 23.2 Å². The van der Waals surface area contributed by atoms with Crippen molar-refractivity contribution >= 4 is 23.8 Å². The molecule has 0 bridgehead atoms. The summed E-state index contributed by atoms with van der Waals surface area (Å²) in [5.41, 5.74) is 1.47. The molecule has 0 aliphatic carbocycles. The van der Waals surface area contributed by atoms with Crippen LogP contribution in [0.3, 0.4) is 0 Å². The van der Waals surface area contributed by atoms with Crippen LogP contribution in [-0.4, -0.2) is 16.2 Å². The average Bonchev–Trinajstić information content (AvgIpc) is 2.67. The molecule has 1 aromatic heterocycles. The fourth-order valence-electron chi connectivity index (χ4n) is 2.45. The van der Waals surface area contributed by atoms with E-state index < -0.39 is 17.3 Å². The van der Waals surface area contributed by atoms with Crippen molar-refractivity contribution in [3.63, 3.8) is 0 Å². The van der Waals surface area contributed by atoms with E-state index in [1.54, 1.807) is 36.4 Å². The minimum Gasteiger partial charge on any atom is -0.290 e. The average molecular weight is 418 g/mol. The Labute approximate surface area is 167 Å². The molecule has 3 aromatic rings. The molecule has 6 nitrogen and oxygen atoms in total. The predicted octanol–water partition coefficient (Wildman–Crippen LogP) is 4.43. The Balaban J connectivity index is 1.91. The van der Waals surface area contributed by atoms with Gasteiger partial charge in [0.05, 0.1) is 17.5 Å². The van der Waals surface area contributed by atoms with E-state index in [1.165, 1.54) is 6.07 Å². The van der Waals surface area contributed by atoms with Crippen LogP contribution in [0.25, 0.3) is 11.3 Å². The number of H-pyrrole nitrogens is 1. The second-order valence-corrected chi connectivity index (χ2v) is 6.19. The molecule has 0 saturated heterocycles. The summed E-state index contributed by atoms with van der Waals surface area (Å²) < 4.78 is 38.6. The van der Waals surface area contributed by atoms with Gasteiger partial charge in [0.2, 0.25) is 5.95 Å². The van der Waals surface area contributed by atoms with Gasteiger partial charge >= 0.3 is 6.18 Å². The van der Waals surface area contributed by atoms with E-state index >= 15 is 0 Å². The van der Waals surface area contributed by atoms with E-state index in [4.69, 9.17) is 11.6 Å². The molecule has 0 spiro atoms. The first-order valence-electron chi connectivity index (χ1n) is 8.04. The van der Waals surface area contributed by atoms with Gasteiger partial charge in [0.25, 0.3) is 5.56 Å². The van der Waals surface area contributed by atoms with Gasteiger partial charge < -0.3 is 0 Å². The summed E-state index contributed by atoms with van der Waals surface area (Å²) in [7, 11) is 0. The molecule has 146 valence electrons. The number of aromatic amines is 1. The Morgan fingerprint density at radius 3 is 2.59 bits per heavy atom. The van der Waals surface area contributed by atoms with Crippen LogP contribution in [0.4, 0.5) is 19.1 Å². The van der Waals surface area contributed by atoms with Crippen LogP contribution in [0.1, 0.15) is 16.7 Å². The molecule has 0 saturated carbocycles. The van der Waals surface area contributed by atoms with Gasteiger partial charge in [-0.15, -0.1) is 0 Å². The van der Waals surface area contributed by atoms with Crippen molar-refractivity contribution in [1.29, 1.82) is 5.26 Å². The number of hydrogen-bond donors (Lipinski definition) is 2. The molecule has 2 aromatic carbocycles. The molecule has 0 atom stereocenters. The molecular weight excluding hydrogens is 407 g/mol. The number of nitrogens with zero attached hydrogens (tertiary/aromatic N) is 3. The maximum atomic E-state index is 12.9. The van der Waals surface area contributed by atoms with Crippen molar-refractivity contribution in [3.8, 4) is 17.3 Å². The summed E-state index contributed by atoms with van der Waals surface area (Å²) in [5, 5.41) is 12.9. The maximum Gasteiger partial charge on any atom is 0.416 e. The number of alkyl halides is 3. The lowest BCUT2D eigenvalue weighted by Crippen LogP contribution is -2.16. The molecule has 10 heteroatoms. The monoisotopic (exact) mass is 417 g/mol. The standard InChI is InChI=1S/C19H11ClF3N5O/c20-14-7-11(6-13(8-14)19(21,22)23)10-25-28-18-26-16(12-4-2-1-3-5-12)15(9-24)17(29)27-18/h1-8,10H,(H2,26,27,28,29). The molecule has 2 N–H and O–H groups in total. The van der Waals surface area contributed by atoms with Gasteiger partial charge in [-0.25, -0.2) is 10.4 Å². The number of aromatic nitrogens is 2. The highest BCUT2D eigenvalue weighted by Crippen LogP contribution is 2.31. The van der Waals surface area contributed by atoms with Crippen LogP contribution in [-0.2, 0) is 6.18 Å². The summed E-state index contributed by atoms with van der Waals surface area (Å²) in [4.78, 5) is 18.7. The highest BCUT2D eigenvalue weighted by Gasteiger charge is 2.30. The number of nitrogens with one attached hydrogen (secondary N) is 2.